The summed E-state index contributed by atoms with van der Waals surface area (Å²) in [7, 11) is 3.26. The lowest BCUT2D eigenvalue weighted by Gasteiger charge is -2.48. The lowest BCUT2D eigenvalue weighted by molar-refractivity contribution is -0.248. The number of fused-ring (bicyclic) bond motifs is 2. The predicted molar refractivity (Wildman–Crippen MR) is 135 cm³/mol. The zero-order chi connectivity index (χ0) is 24.7. The van der Waals surface area contributed by atoms with Crippen molar-refractivity contribution in [2.75, 3.05) is 20.0 Å². The van der Waals surface area contributed by atoms with E-state index in [4.69, 9.17) is 18.9 Å². The topological polar surface area (TPSA) is 74.3 Å². The molecule has 2 fully saturated rings. The third-order valence-electron chi connectivity index (χ3n) is 7.17. The molecule has 35 heavy (non-hydrogen) atoms. The quantitative estimate of drug-likeness (QED) is 0.390. The van der Waals surface area contributed by atoms with Crippen LogP contribution < -0.4 is 4.74 Å². The fraction of sp³-hybridized carbons (Fsp3) is 0.630. The summed E-state index contributed by atoms with van der Waals surface area (Å²) in [5.74, 6) is 1.15. The first kappa shape index (κ1) is 26.0. The normalized spacial score (nSPS) is 30.6. The summed E-state index contributed by atoms with van der Waals surface area (Å²) >= 11 is 1.30. The maximum atomic E-state index is 13.1. The highest BCUT2D eigenvalue weighted by molar-refractivity contribution is 8.13. The molecular weight excluding hydrogens is 466 g/mol. The third kappa shape index (κ3) is 6.60. The van der Waals surface area contributed by atoms with Crippen LogP contribution in [0.3, 0.4) is 0 Å². The molecule has 0 spiro atoms. The number of hydrogen-bond donors (Lipinski definition) is 0. The van der Waals surface area contributed by atoms with Crippen LogP contribution >= 0.6 is 11.8 Å². The fourth-order valence-corrected chi connectivity index (χ4v) is 6.43. The molecule has 1 amide bonds. The molecule has 2 bridgehead atoms. The molecule has 3 aliphatic heterocycles. The molecule has 0 unspecified atom stereocenters. The fourth-order valence-electron chi connectivity index (χ4n) is 5.29. The van der Waals surface area contributed by atoms with Gasteiger partial charge in [-0.1, -0.05) is 36.0 Å². The van der Waals surface area contributed by atoms with Crippen molar-refractivity contribution < 1.29 is 28.5 Å². The van der Waals surface area contributed by atoms with Gasteiger partial charge in [0.05, 0.1) is 19.3 Å². The van der Waals surface area contributed by atoms with Crippen molar-refractivity contribution in [1.82, 2.24) is 4.90 Å². The highest BCUT2D eigenvalue weighted by Gasteiger charge is 2.55. The minimum atomic E-state index is -0.841. The number of thioether (sulfide) groups is 1. The zero-order valence-corrected chi connectivity index (χ0v) is 21.6. The molecule has 2 saturated heterocycles. The monoisotopic (exact) mass is 503 g/mol. The Balaban J connectivity index is 1.62. The molecule has 0 radical (unpaired) electrons. The molecule has 4 atom stereocenters. The van der Waals surface area contributed by atoms with Gasteiger partial charge in [0.1, 0.15) is 11.4 Å². The Bertz CT molecular complexity index is 890. The third-order valence-corrected chi connectivity index (χ3v) is 8.13. The highest BCUT2D eigenvalue weighted by Crippen LogP contribution is 2.44. The number of carbonyl (C=O) groups is 2. The van der Waals surface area contributed by atoms with Gasteiger partial charge in [0.2, 0.25) is 0 Å². The lowest BCUT2D eigenvalue weighted by Crippen LogP contribution is -2.60. The van der Waals surface area contributed by atoms with Crippen molar-refractivity contribution in [3.8, 4) is 5.75 Å². The van der Waals surface area contributed by atoms with Gasteiger partial charge in [-0.3, -0.25) is 9.59 Å². The van der Waals surface area contributed by atoms with Gasteiger partial charge < -0.3 is 23.8 Å². The second-order valence-corrected chi connectivity index (χ2v) is 10.6. The van der Waals surface area contributed by atoms with E-state index in [0.29, 0.717) is 31.6 Å². The molecule has 0 saturated carbocycles. The Hall–Kier alpha value is -2.03. The molecule has 7 nitrogen and oxygen atoms in total. The Labute approximate surface area is 212 Å². The molecular formula is C27H37NO6S. The molecule has 1 aromatic rings. The first-order valence-electron chi connectivity index (χ1n) is 12.6. The standard InChI is InChI=1S/C27H37NO6S/c1-31-21-14-12-20(13-15-21)18-28-23(19-35-26(28)30)27-16-22(33-25(17-27)32-2)10-8-6-4-3-5-7-9-11-24(29)34-27/h3-4,12-15,22-23,25H,5-11,16-19H2,1-2H3/t22-,23+,25-,27-/m1/s1. The number of esters is 1. The van der Waals surface area contributed by atoms with Gasteiger partial charge in [0, 0.05) is 38.7 Å². The summed E-state index contributed by atoms with van der Waals surface area (Å²) in [5.41, 5.74) is 0.167. The number of allylic oxidation sites excluding steroid dienone is 2. The van der Waals surface area contributed by atoms with Gasteiger partial charge >= 0.3 is 5.97 Å². The van der Waals surface area contributed by atoms with E-state index < -0.39 is 11.9 Å². The van der Waals surface area contributed by atoms with Crippen LogP contribution in [0.2, 0.25) is 0 Å². The molecule has 4 rings (SSSR count). The van der Waals surface area contributed by atoms with Crippen LogP contribution in [-0.2, 0) is 25.5 Å². The number of benzene rings is 1. The van der Waals surface area contributed by atoms with Crippen molar-refractivity contribution in [1.29, 1.82) is 0 Å². The molecule has 3 aliphatic rings. The average molecular weight is 504 g/mol. The predicted octanol–water partition coefficient (Wildman–Crippen LogP) is 5.47. The van der Waals surface area contributed by atoms with Crippen LogP contribution in [0.4, 0.5) is 4.79 Å². The first-order valence-corrected chi connectivity index (χ1v) is 13.6. The molecule has 0 aliphatic carbocycles. The Morgan fingerprint density at radius 1 is 1.06 bits per heavy atom. The van der Waals surface area contributed by atoms with E-state index in [9.17, 15) is 9.59 Å². The summed E-state index contributed by atoms with van der Waals surface area (Å²) in [6, 6.07) is 7.50. The highest BCUT2D eigenvalue weighted by atomic mass is 32.2. The molecule has 0 aromatic heterocycles. The molecule has 192 valence electrons. The van der Waals surface area contributed by atoms with E-state index in [1.165, 1.54) is 11.8 Å². The van der Waals surface area contributed by atoms with Gasteiger partial charge in [0.25, 0.3) is 5.24 Å². The van der Waals surface area contributed by atoms with Crippen LogP contribution in [0.25, 0.3) is 0 Å². The minimum absolute atomic E-state index is 0.0118. The van der Waals surface area contributed by atoms with Gasteiger partial charge in [-0.15, -0.1) is 0 Å². The number of carbonyl (C=O) groups excluding carboxylic acids is 2. The number of amides is 1. The SMILES string of the molecule is COc1ccc(CN2C(=O)SC[C@H]2[C@]23C[C@@H](CCCC=CCCCCC(=O)O2)O[C@@H](OC)C3)cc1. The van der Waals surface area contributed by atoms with Gasteiger partial charge in [-0.2, -0.15) is 0 Å². The van der Waals surface area contributed by atoms with Gasteiger partial charge in [-0.25, -0.2) is 0 Å². The summed E-state index contributed by atoms with van der Waals surface area (Å²) < 4.78 is 23.6. The van der Waals surface area contributed by atoms with Crippen LogP contribution in [0.1, 0.15) is 63.4 Å². The van der Waals surface area contributed by atoms with E-state index >= 15 is 0 Å². The molecule has 3 heterocycles. The maximum Gasteiger partial charge on any atom is 0.306 e. The van der Waals surface area contributed by atoms with E-state index in [1.807, 2.05) is 29.2 Å². The largest absolute Gasteiger partial charge is 0.497 e. The minimum Gasteiger partial charge on any atom is -0.497 e. The Kier molecular flexibility index (Phi) is 9.14. The summed E-state index contributed by atoms with van der Waals surface area (Å²) in [6.45, 7) is 0.452. The van der Waals surface area contributed by atoms with Gasteiger partial charge in [-0.05, 0) is 56.2 Å². The second kappa shape index (κ2) is 12.3. The number of ether oxygens (including phenoxy) is 4. The van der Waals surface area contributed by atoms with Crippen molar-refractivity contribution in [3.05, 3.63) is 42.0 Å². The zero-order valence-electron chi connectivity index (χ0n) is 20.8. The summed E-state index contributed by atoms with van der Waals surface area (Å²) in [6.07, 6.45) is 10.8. The molecule has 1 aromatic carbocycles. The Morgan fingerprint density at radius 2 is 1.83 bits per heavy atom. The molecule has 0 N–H and O–H groups in total. The van der Waals surface area contributed by atoms with Crippen LogP contribution in [0.15, 0.2) is 36.4 Å². The number of hydrogen-bond acceptors (Lipinski definition) is 7. The first-order chi connectivity index (χ1) is 17.0. The van der Waals surface area contributed by atoms with E-state index in [-0.39, 0.29) is 23.4 Å². The van der Waals surface area contributed by atoms with Crippen LogP contribution in [0.5, 0.6) is 5.75 Å². The van der Waals surface area contributed by atoms with E-state index in [1.54, 1.807) is 14.2 Å². The summed E-state index contributed by atoms with van der Waals surface area (Å²) in [5, 5.41) is 0.0118. The van der Waals surface area contributed by atoms with Crippen molar-refractivity contribution >= 4 is 23.0 Å². The second-order valence-electron chi connectivity index (χ2n) is 9.59. The van der Waals surface area contributed by atoms with Crippen LogP contribution in [0, 0.1) is 0 Å². The van der Waals surface area contributed by atoms with Crippen molar-refractivity contribution in [2.24, 2.45) is 0 Å². The van der Waals surface area contributed by atoms with Crippen molar-refractivity contribution in [2.45, 2.75) is 88.4 Å². The lowest BCUT2D eigenvalue weighted by atomic mass is 9.81. The number of methoxy groups -OCH3 is 2. The number of rotatable bonds is 5. The van der Waals surface area contributed by atoms with Crippen LogP contribution in [-0.4, -0.2) is 60.1 Å². The number of nitrogens with zero attached hydrogens (tertiary/aromatic N) is 1. The smallest absolute Gasteiger partial charge is 0.306 e. The average Bonchev–Trinajstić information content (AvgIpc) is 3.23. The summed E-state index contributed by atoms with van der Waals surface area (Å²) in [4.78, 5) is 28.0. The van der Waals surface area contributed by atoms with Gasteiger partial charge in [0.15, 0.2) is 6.29 Å². The van der Waals surface area contributed by atoms with E-state index in [2.05, 4.69) is 12.2 Å². The Morgan fingerprint density at radius 3 is 2.57 bits per heavy atom. The molecule has 8 heteroatoms. The van der Waals surface area contributed by atoms with Crippen molar-refractivity contribution in [3.63, 3.8) is 0 Å². The van der Waals surface area contributed by atoms with E-state index in [0.717, 1.165) is 49.8 Å². The maximum absolute atomic E-state index is 13.1.